The molecule has 3 aromatic carbocycles. The molecule has 170 valence electrons. The highest BCUT2D eigenvalue weighted by molar-refractivity contribution is 6.31. The summed E-state index contributed by atoms with van der Waals surface area (Å²) in [5.74, 6) is 1.01. The molecule has 0 unspecified atom stereocenters. The molecule has 0 radical (unpaired) electrons. The summed E-state index contributed by atoms with van der Waals surface area (Å²) in [5, 5.41) is 20.8. The van der Waals surface area contributed by atoms with Crippen LogP contribution in [0.3, 0.4) is 0 Å². The van der Waals surface area contributed by atoms with Crippen molar-refractivity contribution < 1.29 is 9.84 Å². The molecule has 8 heteroatoms. The van der Waals surface area contributed by atoms with E-state index in [-0.39, 0.29) is 6.61 Å². The number of benzene rings is 3. The molecule has 0 aliphatic rings. The van der Waals surface area contributed by atoms with Gasteiger partial charge in [0.2, 0.25) is 5.88 Å². The Bertz CT molecular complexity index is 1510. The van der Waals surface area contributed by atoms with Crippen LogP contribution >= 0.6 is 23.2 Å². The van der Waals surface area contributed by atoms with Crippen molar-refractivity contribution in [3.8, 4) is 39.5 Å². The van der Waals surface area contributed by atoms with Crippen molar-refractivity contribution in [2.24, 2.45) is 7.05 Å². The Hall–Kier alpha value is -3.45. The standard InChI is InChI=1S/C26H20Cl2N4O2/c1-32-14-29-31-25(32)24-22(16-4-3-5-19(28)12-16)23-20(30-26(24)34-2)11-8-17(13-33)21(23)15-6-9-18(27)10-7-15/h3-12,14,33H,13H2,1-2H3. The average Bonchev–Trinajstić information content (AvgIpc) is 3.27. The van der Waals surface area contributed by atoms with E-state index in [0.717, 1.165) is 33.2 Å². The zero-order valence-corrected chi connectivity index (χ0v) is 20.0. The van der Waals surface area contributed by atoms with Gasteiger partial charge in [0.1, 0.15) is 6.33 Å². The molecule has 5 rings (SSSR count). The minimum atomic E-state index is -0.145. The van der Waals surface area contributed by atoms with Crippen LogP contribution in [0.4, 0.5) is 0 Å². The van der Waals surface area contributed by atoms with Crippen LogP contribution in [0.1, 0.15) is 5.56 Å². The third kappa shape index (κ3) is 3.80. The van der Waals surface area contributed by atoms with Gasteiger partial charge < -0.3 is 14.4 Å². The molecule has 0 aliphatic heterocycles. The number of aliphatic hydroxyl groups is 1. The van der Waals surface area contributed by atoms with Crippen LogP contribution in [0, 0.1) is 0 Å². The third-order valence-corrected chi connectivity index (χ3v) is 6.24. The Labute approximate surface area is 206 Å². The monoisotopic (exact) mass is 490 g/mol. The van der Waals surface area contributed by atoms with Crippen molar-refractivity contribution >= 4 is 34.1 Å². The quantitative estimate of drug-likeness (QED) is 0.318. The fourth-order valence-corrected chi connectivity index (χ4v) is 4.57. The van der Waals surface area contributed by atoms with E-state index in [1.165, 1.54) is 0 Å². The molecule has 0 bridgehead atoms. The normalized spacial score (nSPS) is 11.2. The Morgan fingerprint density at radius 3 is 2.35 bits per heavy atom. The summed E-state index contributed by atoms with van der Waals surface area (Å²) in [7, 11) is 3.45. The first kappa shape index (κ1) is 22.3. The number of ether oxygens (including phenoxy) is 1. The van der Waals surface area contributed by atoms with Crippen LogP contribution in [0.5, 0.6) is 5.88 Å². The number of nitrogens with zero attached hydrogens (tertiary/aromatic N) is 4. The summed E-state index contributed by atoms with van der Waals surface area (Å²) in [6, 6.07) is 18.9. The van der Waals surface area contributed by atoms with Gasteiger partial charge in [-0.25, -0.2) is 4.98 Å². The van der Waals surface area contributed by atoms with Gasteiger partial charge in [-0.05, 0) is 52.6 Å². The highest BCUT2D eigenvalue weighted by atomic mass is 35.5. The molecule has 0 spiro atoms. The lowest BCUT2D eigenvalue weighted by molar-refractivity contribution is 0.282. The molecule has 1 N–H and O–H groups in total. The molecular formula is C26H20Cl2N4O2. The van der Waals surface area contributed by atoms with Crippen molar-refractivity contribution in [3.05, 3.63) is 82.6 Å². The predicted octanol–water partition coefficient (Wildman–Crippen LogP) is 6.17. The molecule has 0 aliphatic carbocycles. The van der Waals surface area contributed by atoms with Gasteiger partial charge in [0.15, 0.2) is 5.82 Å². The maximum atomic E-state index is 10.3. The van der Waals surface area contributed by atoms with E-state index < -0.39 is 0 Å². The summed E-state index contributed by atoms with van der Waals surface area (Å²) in [4.78, 5) is 4.83. The molecule has 5 aromatic rings. The Morgan fingerprint density at radius 1 is 0.912 bits per heavy atom. The second-order valence-electron chi connectivity index (χ2n) is 7.81. The van der Waals surface area contributed by atoms with Gasteiger partial charge in [0.25, 0.3) is 0 Å². The Balaban J connectivity index is 2.03. The van der Waals surface area contributed by atoms with E-state index in [1.807, 2.05) is 72.3 Å². The summed E-state index contributed by atoms with van der Waals surface area (Å²) in [6.07, 6.45) is 1.63. The minimum absolute atomic E-state index is 0.145. The van der Waals surface area contributed by atoms with Gasteiger partial charge in [-0.1, -0.05) is 53.5 Å². The number of pyridine rings is 1. The first-order valence-electron chi connectivity index (χ1n) is 10.5. The van der Waals surface area contributed by atoms with Gasteiger partial charge in [0, 0.05) is 28.0 Å². The Kier molecular flexibility index (Phi) is 5.96. The lowest BCUT2D eigenvalue weighted by Gasteiger charge is -2.20. The molecule has 0 saturated heterocycles. The molecular weight excluding hydrogens is 471 g/mol. The van der Waals surface area contributed by atoms with Gasteiger partial charge in [-0.3, -0.25) is 0 Å². The molecule has 0 saturated carbocycles. The summed E-state index contributed by atoms with van der Waals surface area (Å²) >= 11 is 12.6. The summed E-state index contributed by atoms with van der Waals surface area (Å²) in [5.41, 5.74) is 5.60. The van der Waals surface area contributed by atoms with Crippen molar-refractivity contribution in [1.29, 1.82) is 0 Å². The van der Waals surface area contributed by atoms with E-state index in [4.69, 9.17) is 32.9 Å². The van der Waals surface area contributed by atoms with E-state index in [2.05, 4.69) is 10.2 Å². The van der Waals surface area contributed by atoms with E-state index >= 15 is 0 Å². The Morgan fingerprint density at radius 2 is 1.71 bits per heavy atom. The molecule has 0 fully saturated rings. The number of hydrogen-bond donors (Lipinski definition) is 1. The van der Waals surface area contributed by atoms with Gasteiger partial charge in [-0.15, -0.1) is 10.2 Å². The number of methoxy groups -OCH3 is 1. The van der Waals surface area contributed by atoms with Crippen LogP contribution in [0.15, 0.2) is 67.0 Å². The zero-order chi connectivity index (χ0) is 23.8. The average molecular weight is 491 g/mol. The number of halogens is 2. The van der Waals surface area contributed by atoms with Gasteiger partial charge in [-0.2, -0.15) is 0 Å². The van der Waals surface area contributed by atoms with Gasteiger partial charge in [0.05, 0.1) is 24.8 Å². The summed E-state index contributed by atoms with van der Waals surface area (Å²) in [6.45, 7) is -0.145. The van der Waals surface area contributed by atoms with Crippen LogP contribution in [-0.4, -0.2) is 32.0 Å². The fourth-order valence-electron chi connectivity index (χ4n) is 4.25. The minimum Gasteiger partial charge on any atom is -0.480 e. The second-order valence-corrected chi connectivity index (χ2v) is 8.68. The smallest absolute Gasteiger partial charge is 0.225 e. The lowest BCUT2D eigenvalue weighted by Crippen LogP contribution is -2.03. The largest absolute Gasteiger partial charge is 0.480 e. The molecule has 2 aromatic heterocycles. The number of fused-ring (bicyclic) bond motifs is 1. The van der Waals surface area contributed by atoms with E-state index in [1.54, 1.807) is 13.4 Å². The number of aromatic nitrogens is 4. The van der Waals surface area contributed by atoms with Crippen molar-refractivity contribution in [2.45, 2.75) is 6.61 Å². The van der Waals surface area contributed by atoms with Crippen LogP contribution in [0.25, 0.3) is 44.5 Å². The van der Waals surface area contributed by atoms with Crippen LogP contribution in [-0.2, 0) is 13.7 Å². The first-order chi connectivity index (χ1) is 16.5. The van der Waals surface area contributed by atoms with Crippen molar-refractivity contribution in [2.75, 3.05) is 7.11 Å². The van der Waals surface area contributed by atoms with Gasteiger partial charge >= 0.3 is 0 Å². The SMILES string of the molecule is COc1nc2ccc(CO)c(-c3ccc(Cl)cc3)c2c(-c2cccc(Cl)c2)c1-c1nncn1C. The predicted molar refractivity (Wildman–Crippen MR) is 135 cm³/mol. The molecule has 6 nitrogen and oxygen atoms in total. The third-order valence-electron chi connectivity index (χ3n) is 5.75. The number of hydrogen-bond acceptors (Lipinski definition) is 5. The molecule has 2 heterocycles. The number of aliphatic hydroxyl groups excluding tert-OH is 1. The van der Waals surface area contributed by atoms with E-state index in [9.17, 15) is 5.11 Å². The fraction of sp³-hybridized carbons (Fsp3) is 0.115. The van der Waals surface area contributed by atoms with Crippen molar-refractivity contribution in [1.82, 2.24) is 19.7 Å². The highest BCUT2D eigenvalue weighted by Crippen LogP contribution is 2.46. The van der Waals surface area contributed by atoms with Crippen LogP contribution < -0.4 is 4.74 Å². The highest BCUT2D eigenvalue weighted by Gasteiger charge is 2.25. The first-order valence-corrected chi connectivity index (χ1v) is 11.3. The van der Waals surface area contributed by atoms with Crippen molar-refractivity contribution in [3.63, 3.8) is 0 Å². The van der Waals surface area contributed by atoms with E-state index in [0.29, 0.717) is 32.8 Å². The number of rotatable bonds is 5. The molecule has 0 amide bonds. The lowest BCUT2D eigenvalue weighted by atomic mass is 9.88. The summed E-state index contributed by atoms with van der Waals surface area (Å²) < 4.78 is 7.57. The zero-order valence-electron chi connectivity index (χ0n) is 18.5. The number of aryl methyl sites for hydroxylation is 1. The second kappa shape index (κ2) is 9.06. The topological polar surface area (TPSA) is 73.1 Å². The maximum absolute atomic E-state index is 10.3. The molecule has 34 heavy (non-hydrogen) atoms. The van der Waals surface area contributed by atoms with Crippen LogP contribution in [0.2, 0.25) is 10.0 Å². The molecule has 0 atom stereocenters. The maximum Gasteiger partial charge on any atom is 0.225 e.